The average molecular weight is 258 g/mol. The summed E-state index contributed by atoms with van der Waals surface area (Å²) in [6.07, 6.45) is 1.80. The summed E-state index contributed by atoms with van der Waals surface area (Å²) < 4.78 is 0. The number of carbonyl (C=O) groups is 2. The Morgan fingerprint density at radius 2 is 1.89 bits per heavy atom. The summed E-state index contributed by atoms with van der Waals surface area (Å²) in [5.41, 5.74) is 5.59. The Morgan fingerprint density at radius 3 is 2.22 bits per heavy atom. The first-order chi connectivity index (χ1) is 8.21. The topological polar surface area (TPSA) is 92.4 Å². The SMILES string of the molecule is CCC[C@H](NC(=O)C(CN)CC(C)(C)C)C(=O)O. The first-order valence-electron chi connectivity index (χ1n) is 6.44. The summed E-state index contributed by atoms with van der Waals surface area (Å²) >= 11 is 0. The van der Waals surface area contributed by atoms with E-state index in [4.69, 9.17) is 10.8 Å². The van der Waals surface area contributed by atoms with Crippen LogP contribution in [0.3, 0.4) is 0 Å². The monoisotopic (exact) mass is 258 g/mol. The Kier molecular flexibility index (Phi) is 6.91. The molecule has 106 valence electrons. The fourth-order valence-corrected chi connectivity index (χ4v) is 1.86. The predicted octanol–water partition coefficient (Wildman–Crippen LogP) is 1.37. The minimum Gasteiger partial charge on any atom is -0.480 e. The second-order valence-corrected chi connectivity index (χ2v) is 5.89. The van der Waals surface area contributed by atoms with Crippen molar-refractivity contribution >= 4 is 11.9 Å². The maximum absolute atomic E-state index is 12.0. The highest BCUT2D eigenvalue weighted by molar-refractivity contribution is 5.85. The van der Waals surface area contributed by atoms with Crippen LogP contribution in [0.15, 0.2) is 0 Å². The molecule has 0 radical (unpaired) electrons. The molecule has 0 aliphatic rings. The lowest BCUT2D eigenvalue weighted by atomic mass is 9.84. The molecule has 0 spiro atoms. The number of nitrogens with two attached hydrogens (primary N) is 1. The average Bonchev–Trinajstić information content (AvgIpc) is 2.23. The lowest BCUT2D eigenvalue weighted by Gasteiger charge is -2.25. The van der Waals surface area contributed by atoms with Gasteiger partial charge in [0.15, 0.2) is 0 Å². The number of aliphatic carboxylic acids is 1. The van der Waals surface area contributed by atoms with Crippen LogP contribution in [-0.2, 0) is 9.59 Å². The Labute approximate surface area is 109 Å². The Morgan fingerprint density at radius 1 is 1.33 bits per heavy atom. The van der Waals surface area contributed by atoms with Gasteiger partial charge in [0.1, 0.15) is 6.04 Å². The fraction of sp³-hybridized carbons (Fsp3) is 0.846. The van der Waals surface area contributed by atoms with Crippen LogP contribution >= 0.6 is 0 Å². The molecule has 0 fully saturated rings. The summed E-state index contributed by atoms with van der Waals surface area (Å²) in [6, 6.07) is -0.809. The number of carbonyl (C=O) groups excluding carboxylic acids is 1. The molecule has 18 heavy (non-hydrogen) atoms. The van der Waals surface area contributed by atoms with Gasteiger partial charge in [-0.2, -0.15) is 0 Å². The van der Waals surface area contributed by atoms with Gasteiger partial charge in [-0.05, 0) is 18.3 Å². The summed E-state index contributed by atoms with van der Waals surface area (Å²) in [5, 5.41) is 11.6. The van der Waals surface area contributed by atoms with Crippen molar-refractivity contribution < 1.29 is 14.7 Å². The molecule has 0 aliphatic heterocycles. The van der Waals surface area contributed by atoms with E-state index in [0.29, 0.717) is 19.3 Å². The lowest BCUT2D eigenvalue weighted by Crippen LogP contribution is -2.46. The summed E-state index contributed by atoms with van der Waals surface area (Å²) in [7, 11) is 0. The van der Waals surface area contributed by atoms with Crippen molar-refractivity contribution in [3.05, 3.63) is 0 Å². The molecule has 2 atom stereocenters. The van der Waals surface area contributed by atoms with E-state index in [1.807, 2.05) is 27.7 Å². The maximum Gasteiger partial charge on any atom is 0.326 e. The van der Waals surface area contributed by atoms with Crippen LogP contribution in [0, 0.1) is 11.3 Å². The minimum absolute atomic E-state index is 0.00907. The van der Waals surface area contributed by atoms with Gasteiger partial charge in [-0.1, -0.05) is 34.1 Å². The molecule has 0 saturated heterocycles. The molecule has 5 nitrogen and oxygen atoms in total. The molecule has 0 saturated carbocycles. The number of amides is 1. The van der Waals surface area contributed by atoms with Crippen LogP contribution < -0.4 is 11.1 Å². The van der Waals surface area contributed by atoms with E-state index in [0.717, 1.165) is 0 Å². The summed E-state index contributed by atoms with van der Waals surface area (Å²) in [5.74, 6) is -1.58. The van der Waals surface area contributed by atoms with E-state index in [1.54, 1.807) is 0 Å². The van der Waals surface area contributed by atoms with Crippen LogP contribution in [0.25, 0.3) is 0 Å². The smallest absolute Gasteiger partial charge is 0.326 e. The molecular formula is C13H26N2O3. The van der Waals surface area contributed by atoms with E-state index in [2.05, 4.69) is 5.32 Å². The van der Waals surface area contributed by atoms with Gasteiger partial charge in [0.25, 0.3) is 0 Å². The van der Waals surface area contributed by atoms with Gasteiger partial charge in [0.2, 0.25) is 5.91 Å². The first-order valence-corrected chi connectivity index (χ1v) is 6.44. The van der Waals surface area contributed by atoms with E-state index in [9.17, 15) is 9.59 Å². The molecule has 0 aliphatic carbocycles. The summed E-state index contributed by atoms with van der Waals surface area (Å²) in [6.45, 7) is 8.22. The molecular weight excluding hydrogens is 232 g/mol. The molecule has 0 rings (SSSR count). The Balaban J connectivity index is 4.55. The van der Waals surface area contributed by atoms with Crippen LogP contribution in [0.1, 0.15) is 47.0 Å². The van der Waals surface area contributed by atoms with Crippen LogP contribution in [0.5, 0.6) is 0 Å². The van der Waals surface area contributed by atoms with Gasteiger partial charge in [0.05, 0.1) is 5.92 Å². The number of carboxylic acid groups (broad SMARTS) is 1. The van der Waals surface area contributed by atoms with Gasteiger partial charge in [-0.15, -0.1) is 0 Å². The molecule has 0 aromatic rings. The molecule has 0 bridgehead atoms. The van der Waals surface area contributed by atoms with Gasteiger partial charge in [-0.25, -0.2) is 4.79 Å². The maximum atomic E-state index is 12.0. The zero-order valence-corrected chi connectivity index (χ0v) is 11.8. The largest absolute Gasteiger partial charge is 0.480 e. The van der Waals surface area contributed by atoms with Crippen LogP contribution in [0.2, 0.25) is 0 Å². The third kappa shape index (κ3) is 6.59. The summed E-state index contributed by atoms with van der Waals surface area (Å²) in [4.78, 5) is 23.0. The quantitative estimate of drug-likeness (QED) is 0.643. The van der Waals surface area contributed by atoms with E-state index < -0.39 is 12.0 Å². The van der Waals surface area contributed by atoms with Crippen LogP contribution in [0.4, 0.5) is 0 Å². The number of hydrogen-bond donors (Lipinski definition) is 3. The molecule has 0 aromatic carbocycles. The standard InChI is InChI=1S/C13H26N2O3/c1-5-6-10(12(17)18)15-11(16)9(8-14)7-13(2,3)4/h9-10H,5-8,14H2,1-4H3,(H,15,16)(H,17,18)/t9?,10-/m0/s1. The van der Waals surface area contributed by atoms with E-state index >= 15 is 0 Å². The zero-order chi connectivity index (χ0) is 14.3. The van der Waals surface area contributed by atoms with Crippen molar-refractivity contribution in [2.45, 2.75) is 53.0 Å². The van der Waals surface area contributed by atoms with Gasteiger partial charge in [0, 0.05) is 6.54 Å². The second kappa shape index (κ2) is 7.36. The van der Waals surface area contributed by atoms with Crippen LogP contribution in [-0.4, -0.2) is 29.6 Å². The lowest BCUT2D eigenvalue weighted by molar-refractivity contribution is -0.142. The first kappa shape index (κ1) is 16.9. The molecule has 1 amide bonds. The molecule has 1 unspecified atom stereocenters. The van der Waals surface area contributed by atoms with E-state index in [1.165, 1.54) is 0 Å². The number of rotatable bonds is 7. The number of carboxylic acids is 1. The van der Waals surface area contributed by atoms with Crippen molar-refractivity contribution in [3.63, 3.8) is 0 Å². The normalized spacial score (nSPS) is 14.9. The Hall–Kier alpha value is -1.10. The van der Waals surface area contributed by atoms with Gasteiger partial charge in [-0.3, -0.25) is 4.79 Å². The van der Waals surface area contributed by atoms with Crippen molar-refractivity contribution in [2.24, 2.45) is 17.1 Å². The fourth-order valence-electron chi connectivity index (χ4n) is 1.86. The van der Waals surface area contributed by atoms with Crippen molar-refractivity contribution in [3.8, 4) is 0 Å². The van der Waals surface area contributed by atoms with Gasteiger partial charge < -0.3 is 16.2 Å². The number of nitrogens with one attached hydrogen (secondary N) is 1. The molecule has 0 heterocycles. The van der Waals surface area contributed by atoms with Crippen molar-refractivity contribution in [1.29, 1.82) is 0 Å². The molecule has 0 aromatic heterocycles. The second-order valence-electron chi connectivity index (χ2n) is 5.89. The van der Waals surface area contributed by atoms with Crippen molar-refractivity contribution in [1.82, 2.24) is 5.32 Å². The highest BCUT2D eigenvalue weighted by atomic mass is 16.4. The number of hydrogen-bond acceptors (Lipinski definition) is 3. The van der Waals surface area contributed by atoms with Crippen molar-refractivity contribution in [2.75, 3.05) is 6.54 Å². The molecule has 5 heteroatoms. The molecule has 4 N–H and O–H groups in total. The minimum atomic E-state index is -0.989. The highest BCUT2D eigenvalue weighted by Crippen LogP contribution is 2.24. The highest BCUT2D eigenvalue weighted by Gasteiger charge is 2.27. The third-order valence-electron chi connectivity index (χ3n) is 2.71. The third-order valence-corrected chi connectivity index (χ3v) is 2.71. The predicted molar refractivity (Wildman–Crippen MR) is 71.1 cm³/mol. The zero-order valence-electron chi connectivity index (χ0n) is 11.8. The Bertz CT molecular complexity index is 284. The van der Waals surface area contributed by atoms with Gasteiger partial charge >= 0.3 is 5.97 Å². The van der Waals surface area contributed by atoms with E-state index in [-0.39, 0.29) is 23.8 Å².